The number of aromatic nitrogens is 4. The molecule has 0 aliphatic heterocycles. The number of nitrogens with zero attached hydrogens (tertiary/aromatic N) is 4. The number of carbonyl (C=O) groups is 1. The molecule has 0 aliphatic carbocycles. The molecule has 0 radical (unpaired) electrons. The lowest BCUT2D eigenvalue weighted by Crippen LogP contribution is -2.06. The van der Waals surface area contributed by atoms with Crippen LogP contribution in [-0.2, 0) is 11.8 Å². The Labute approximate surface area is 127 Å². The van der Waals surface area contributed by atoms with E-state index in [0.717, 1.165) is 28.0 Å². The minimum Gasteiger partial charge on any atom is -0.339 e. The van der Waals surface area contributed by atoms with Crippen molar-refractivity contribution in [2.24, 2.45) is 7.05 Å². The van der Waals surface area contributed by atoms with Crippen LogP contribution in [0.1, 0.15) is 12.5 Å². The van der Waals surface area contributed by atoms with E-state index < -0.39 is 0 Å². The molecule has 0 saturated carbocycles. The van der Waals surface area contributed by atoms with Gasteiger partial charge in [0.25, 0.3) is 0 Å². The molecule has 2 N–H and O–H groups in total. The first kappa shape index (κ1) is 14.0. The van der Waals surface area contributed by atoms with E-state index in [1.807, 2.05) is 32.2 Å². The van der Waals surface area contributed by atoms with E-state index in [1.54, 1.807) is 10.9 Å². The number of fused-ring (bicyclic) bond motifs is 1. The second-order valence-corrected chi connectivity index (χ2v) is 5.06. The Kier molecular flexibility index (Phi) is 3.46. The number of anilines is 3. The van der Waals surface area contributed by atoms with E-state index in [9.17, 15) is 4.79 Å². The minimum absolute atomic E-state index is 0.105. The van der Waals surface area contributed by atoms with Gasteiger partial charge in [0.1, 0.15) is 12.1 Å². The first-order valence-electron chi connectivity index (χ1n) is 6.82. The summed E-state index contributed by atoms with van der Waals surface area (Å²) in [5.41, 5.74) is 3.41. The normalized spacial score (nSPS) is 10.7. The Morgan fingerprint density at radius 3 is 2.86 bits per heavy atom. The maximum atomic E-state index is 11.2. The van der Waals surface area contributed by atoms with Crippen LogP contribution in [0.3, 0.4) is 0 Å². The largest absolute Gasteiger partial charge is 0.339 e. The van der Waals surface area contributed by atoms with E-state index in [1.165, 1.54) is 13.3 Å². The van der Waals surface area contributed by atoms with Crippen molar-refractivity contribution in [2.75, 3.05) is 10.6 Å². The summed E-state index contributed by atoms with van der Waals surface area (Å²) in [6.07, 6.45) is 3.23. The Morgan fingerprint density at radius 1 is 1.27 bits per heavy atom. The molecule has 0 atom stereocenters. The molecule has 7 nitrogen and oxygen atoms in total. The fourth-order valence-corrected chi connectivity index (χ4v) is 2.23. The summed E-state index contributed by atoms with van der Waals surface area (Å²) in [6.45, 7) is 3.47. The number of carbonyl (C=O) groups excluding carboxylic acids is 1. The van der Waals surface area contributed by atoms with Gasteiger partial charge in [-0.15, -0.1) is 0 Å². The summed E-state index contributed by atoms with van der Waals surface area (Å²) < 4.78 is 1.70. The Hall–Kier alpha value is -2.96. The average molecular weight is 296 g/mol. The Bertz CT molecular complexity index is 854. The quantitative estimate of drug-likeness (QED) is 0.775. The van der Waals surface area contributed by atoms with Gasteiger partial charge in [0, 0.05) is 25.3 Å². The lowest BCUT2D eigenvalue weighted by atomic mass is 10.1. The minimum atomic E-state index is -0.105. The van der Waals surface area contributed by atoms with Gasteiger partial charge < -0.3 is 10.6 Å². The molecular formula is C15H16N6O. The standard InChI is InChI=1S/C15H16N6O/c1-9-4-5-11(19-10(2)22)6-13(9)20-14-12-7-18-21(3)15(12)17-8-16-14/h4-8H,1-3H3,(H,19,22)(H,16,17,20). The van der Waals surface area contributed by atoms with Gasteiger partial charge in [-0.3, -0.25) is 9.48 Å². The molecule has 2 aromatic heterocycles. The van der Waals surface area contributed by atoms with E-state index in [2.05, 4.69) is 25.7 Å². The number of benzene rings is 1. The molecule has 7 heteroatoms. The topological polar surface area (TPSA) is 84.7 Å². The molecule has 0 unspecified atom stereocenters. The monoisotopic (exact) mass is 296 g/mol. The first-order chi connectivity index (χ1) is 10.5. The lowest BCUT2D eigenvalue weighted by Gasteiger charge is -2.11. The highest BCUT2D eigenvalue weighted by molar-refractivity contribution is 5.91. The van der Waals surface area contributed by atoms with Crippen molar-refractivity contribution in [3.63, 3.8) is 0 Å². The second kappa shape index (κ2) is 5.44. The molecule has 0 saturated heterocycles. The lowest BCUT2D eigenvalue weighted by molar-refractivity contribution is -0.114. The molecule has 1 aromatic carbocycles. The van der Waals surface area contributed by atoms with Crippen molar-refractivity contribution < 1.29 is 4.79 Å². The van der Waals surface area contributed by atoms with Gasteiger partial charge >= 0.3 is 0 Å². The van der Waals surface area contributed by atoms with Crippen molar-refractivity contribution in [3.05, 3.63) is 36.3 Å². The zero-order valence-electron chi connectivity index (χ0n) is 12.6. The van der Waals surface area contributed by atoms with Gasteiger partial charge in [0.05, 0.1) is 11.6 Å². The van der Waals surface area contributed by atoms with Gasteiger partial charge in [-0.05, 0) is 24.6 Å². The van der Waals surface area contributed by atoms with Crippen LogP contribution < -0.4 is 10.6 Å². The molecule has 0 aliphatic rings. The predicted octanol–water partition coefficient (Wildman–Crippen LogP) is 2.37. The summed E-state index contributed by atoms with van der Waals surface area (Å²) in [5, 5.41) is 11.1. The summed E-state index contributed by atoms with van der Waals surface area (Å²) in [7, 11) is 1.84. The van der Waals surface area contributed by atoms with Gasteiger partial charge in [0.2, 0.25) is 5.91 Å². The first-order valence-corrected chi connectivity index (χ1v) is 6.82. The summed E-state index contributed by atoms with van der Waals surface area (Å²) in [5.74, 6) is 0.577. The van der Waals surface area contributed by atoms with Crippen LogP contribution in [0, 0.1) is 6.92 Å². The maximum Gasteiger partial charge on any atom is 0.221 e. The van der Waals surface area contributed by atoms with Crippen molar-refractivity contribution in [1.29, 1.82) is 0 Å². The highest BCUT2D eigenvalue weighted by Gasteiger charge is 2.09. The smallest absolute Gasteiger partial charge is 0.221 e. The third-order valence-corrected chi connectivity index (χ3v) is 3.34. The van der Waals surface area contributed by atoms with Crippen LogP contribution in [0.2, 0.25) is 0 Å². The van der Waals surface area contributed by atoms with Crippen LogP contribution in [0.25, 0.3) is 11.0 Å². The molecule has 3 rings (SSSR count). The SMILES string of the molecule is CC(=O)Nc1ccc(C)c(Nc2ncnc3c2cnn3C)c1. The van der Waals surface area contributed by atoms with Gasteiger partial charge in [-0.25, -0.2) is 9.97 Å². The number of hydrogen-bond donors (Lipinski definition) is 2. The van der Waals surface area contributed by atoms with Crippen LogP contribution in [0.4, 0.5) is 17.2 Å². The van der Waals surface area contributed by atoms with E-state index in [0.29, 0.717) is 5.82 Å². The number of nitrogens with one attached hydrogen (secondary N) is 2. The summed E-state index contributed by atoms with van der Waals surface area (Å²) in [4.78, 5) is 19.7. The summed E-state index contributed by atoms with van der Waals surface area (Å²) >= 11 is 0. The van der Waals surface area contributed by atoms with Gasteiger partial charge in [-0.1, -0.05) is 6.07 Å². The zero-order chi connectivity index (χ0) is 15.7. The van der Waals surface area contributed by atoms with Crippen molar-refractivity contribution in [1.82, 2.24) is 19.7 Å². The molecule has 3 aromatic rings. The average Bonchev–Trinajstić information content (AvgIpc) is 2.85. The highest BCUT2D eigenvalue weighted by Crippen LogP contribution is 2.26. The van der Waals surface area contributed by atoms with Gasteiger partial charge in [-0.2, -0.15) is 5.10 Å². The van der Waals surface area contributed by atoms with Crippen LogP contribution in [-0.4, -0.2) is 25.7 Å². The molecule has 0 spiro atoms. The predicted molar refractivity (Wildman–Crippen MR) is 85.1 cm³/mol. The van der Waals surface area contributed by atoms with Crippen molar-refractivity contribution in [2.45, 2.75) is 13.8 Å². The Balaban J connectivity index is 1.99. The molecule has 1 amide bonds. The fourth-order valence-electron chi connectivity index (χ4n) is 2.23. The number of hydrogen-bond acceptors (Lipinski definition) is 5. The Morgan fingerprint density at radius 2 is 2.09 bits per heavy atom. The molecule has 22 heavy (non-hydrogen) atoms. The molecule has 0 fully saturated rings. The third-order valence-electron chi connectivity index (χ3n) is 3.34. The number of amides is 1. The van der Waals surface area contributed by atoms with E-state index >= 15 is 0 Å². The summed E-state index contributed by atoms with van der Waals surface area (Å²) in [6, 6.07) is 5.68. The molecule has 0 bridgehead atoms. The van der Waals surface area contributed by atoms with Crippen molar-refractivity contribution >= 4 is 34.1 Å². The van der Waals surface area contributed by atoms with Crippen LogP contribution in [0.15, 0.2) is 30.7 Å². The van der Waals surface area contributed by atoms with Crippen LogP contribution >= 0.6 is 0 Å². The molecular weight excluding hydrogens is 280 g/mol. The zero-order valence-corrected chi connectivity index (χ0v) is 12.6. The van der Waals surface area contributed by atoms with Crippen LogP contribution in [0.5, 0.6) is 0 Å². The fraction of sp³-hybridized carbons (Fsp3) is 0.200. The van der Waals surface area contributed by atoms with E-state index in [-0.39, 0.29) is 5.91 Å². The highest BCUT2D eigenvalue weighted by atomic mass is 16.1. The van der Waals surface area contributed by atoms with Crippen molar-refractivity contribution in [3.8, 4) is 0 Å². The molecule has 2 heterocycles. The second-order valence-electron chi connectivity index (χ2n) is 5.06. The van der Waals surface area contributed by atoms with E-state index in [4.69, 9.17) is 0 Å². The number of aryl methyl sites for hydroxylation is 2. The molecule has 112 valence electrons. The maximum absolute atomic E-state index is 11.2. The third kappa shape index (κ3) is 2.60. The van der Waals surface area contributed by atoms with Gasteiger partial charge in [0.15, 0.2) is 5.65 Å². The number of rotatable bonds is 3.